The summed E-state index contributed by atoms with van der Waals surface area (Å²) in [6.07, 6.45) is -4.51. The Kier molecular flexibility index (Phi) is 2.12. The number of aromatic nitrogens is 2. The number of nitriles is 1. The maximum atomic E-state index is 12.6. The van der Waals surface area contributed by atoms with Gasteiger partial charge in [-0.2, -0.15) is 18.4 Å². The molecule has 6 heteroatoms. The zero-order valence-corrected chi connectivity index (χ0v) is 8.21. The van der Waals surface area contributed by atoms with Crippen molar-refractivity contribution in [3.63, 3.8) is 0 Å². The summed E-state index contributed by atoms with van der Waals surface area (Å²) in [6.45, 7) is 0. The predicted molar refractivity (Wildman–Crippen MR) is 50.4 cm³/mol. The number of benzene rings is 1. The van der Waals surface area contributed by atoms with E-state index >= 15 is 0 Å². The number of imidazole rings is 1. The van der Waals surface area contributed by atoms with Crippen molar-refractivity contribution in [1.82, 2.24) is 9.55 Å². The Hall–Kier alpha value is -2.03. The van der Waals surface area contributed by atoms with E-state index < -0.39 is 12.0 Å². The molecule has 0 aliphatic rings. The first-order valence-electron chi connectivity index (χ1n) is 4.38. The summed E-state index contributed by atoms with van der Waals surface area (Å²) >= 11 is 0. The number of fused-ring (bicyclic) bond motifs is 1. The number of nitrogens with zero attached hydrogens (tertiary/aromatic N) is 3. The van der Waals surface area contributed by atoms with Crippen LogP contribution in [0.4, 0.5) is 13.2 Å². The van der Waals surface area contributed by atoms with Crippen LogP contribution in [0.3, 0.4) is 0 Å². The van der Waals surface area contributed by atoms with E-state index in [4.69, 9.17) is 5.26 Å². The van der Waals surface area contributed by atoms with Crippen molar-refractivity contribution in [1.29, 1.82) is 5.26 Å². The van der Waals surface area contributed by atoms with E-state index in [1.807, 2.05) is 6.07 Å². The maximum absolute atomic E-state index is 12.6. The van der Waals surface area contributed by atoms with Gasteiger partial charge in [0.1, 0.15) is 11.6 Å². The molecular weight excluding hydrogens is 219 g/mol. The number of hydrogen-bond donors (Lipinski definition) is 0. The van der Waals surface area contributed by atoms with Crippen molar-refractivity contribution >= 4 is 11.0 Å². The van der Waals surface area contributed by atoms with E-state index in [-0.39, 0.29) is 11.1 Å². The van der Waals surface area contributed by atoms with Crippen LogP contribution in [0.15, 0.2) is 18.2 Å². The summed E-state index contributed by atoms with van der Waals surface area (Å²) in [5.41, 5.74) is 0.523. The molecule has 0 atom stereocenters. The minimum Gasteiger partial charge on any atom is -0.323 e. The van der Waals surface area contributed by atoms with Crippen LogP contribution in [-0.2, 0) is 13.2 Å². The van der Waals surface area contributed by atoms with Gasteiger partial charge in [-0.25, -0.2) is 4.98 Å². The highest BCUT2D eigenvalue weighted by molar-refractivity contribution is 5.82. The Morgan fingerprint density at radius 2 is 2.06 bits per heavy atom. The molecule has 1 heterocycles. The van der Waals surface area contributed by atoms with E-state index in [0.717, 1.165) is 4.57 Å². The summed E-state index contributed by atoms with van der Waals surface area (Å²) in [6, 6.07) is 6.29. The molecule has 16 heavy (non-hydrogen) atoms. The standard InChI is InChI=1S/C10H6F3N3/c1-16-7-4-2-3-6(5-14)8(7)15-9(16)10(11,12)13/h2-4H,1H3. The van der Waals surface area contributed by atoms with Crippen LogP contribution in [0.1, 0.15) is 11.4 Å². The molecule has 0 N–H and O–H groups in total. The van der Waals surface area contributed by atoms with E-state index in [1.165, 1.54) is 25.2 Å². The summed E-state index contributed by atoms with van der Waals surface area (Å²) in [7, 11) is 1.28. The monoisotopic (exact) mass is 225 g/mol. The van der Waals surface area contributed by atoms with Crippen LogP contribution in [0.5, 0.6) is 0 Å². The Morgan fingerprint density at radius 3 is 2.62 bits per heavy atom. The molecule has 2 rings (SSSR count). The average molecular weight is 225 g/mol. The van der Waals surface area contributed by atoms with Crippen molar-refractivity contribution in [3.05, 3.63) is 29.6 Å². The Labute approximate surface area is 88.7 Å². The maximum Gasteiger partial charge on any atom is 0.449 e. The van der Waals surface area contributed by atoms with Crippen LogP contribution in [0, 0.1) is 11.3 Å². The van der Waals surface area contributed by atoms with Gasteiger partial charge in [0.05, 0.1) is 11.1 Å². The smallest absolute Gasteiger partial charge is 0.323 e. The first kappa shape index (κ1) is 10.5. The Bertz CT molecular complexity index is 590. The van der Waals surface area contributed by atoms with E-state index in [0.29, 0.717) is 5.52 Å². The van der Waals surface area contributed by atoms with Crippen LogP contribution >= 0.6 is 0 Å². The molecule has 0 radical (unpaired) electrons. The van der Waals surface area contributed by atoms with Gasteiger partial charge in [0, 0.05) is 7.05 Å². The molecular formula is C10H6F3N3. The lowest BCUT2D eigenvalue weighted by Crippen LogP contribution is -2.12. The van der Waals surface area contributed by atoms with Gasteiger partial charge in [-0.05, 0) is 12.1 Å². The third-order valence-corrected chi connectivity index (χ3v) is 2.29. The first-order chi connectivity index (χ1) is 7.45. The molecule has 0 aliphatic carbocycles. The van der Waals surface area contributed by atoms with E-state index in [1.54, 1.807) is 0 Å². The predicted octanol–water partition coefficient (Wildman–Crippen LogP) is 2.46. The molecule has 0 saturated heterocycles. The third kappa shape index (κ3) is 1.41. The Balaban J connectivity index is 2.84. The van der Waals surface area contributed by atoms with Crippen molar-refractivity contribution in [2.75, 3.05) is 0 Å². The summed E-state index contributed by atoms with van der Waals surface area (Å²) < 4.78 is 38.6. The highest BCUT2D eigenvalue weighted by Crippen LogP contribution is 2.31. The number of para-hydroxylation sites is 1. The molecule has 0 bridgehead atoms. The zero-order chi connectivity index (χ0) is 11.9. The van der Waals surface area contributed by atoms with Crippen LogP contribution in [-0.4, -0.2) is 9.55 Å². The first-order valence-corrected chi connectivity index (χ1v) is 4.38. The van der Waals surface area contributed by atoms with E-state index in [9.17, 15) is 13.2 Å². The topological polar surface area (TPSA) is 41.6 Å². The molecule has 82 valence electrons. The number of alkyl halides is 3. The number of hydrogen-bond acceptors (Lipinski definition) is 2. The summed E-state index contributed by atoms with van der Waals surface area (Å²) in [5.74, 6) is -0.995. The van der Waals surface area contributed by atoms with Gasteiger partial charge in [0.25, 0.3) is 0 Å². The van der Waals surface area contributed by atoms with Gasteiger partial charge in [0.2, 0.25) is 5.82 Å². The molecule has 1 aromatic carbocycles. The molecule has 2 aromatic rings. The third-order valence-electron chi connectivity index (χ3n) is 2.29. The van der Waals surface area contributed by atoms with Crippen LogP contribution in [0.25, 0.3) is 11.0 Å². The molecule has 0 amide bonds. The van der Waals surface area contributed by atoms with E-state index in [2.05, 4.69) is 4.98 Å². The second-order valence-electron chi connectivity index (χ2n) is 3.28. The largest absolute Gasteiger partial charge is 0.449 e. The molecule has 0 fully saturated rings. The van der Waals surface area contributed by atoms with Gasteiger partial charge in [-0.3, -0.25) is 0 Å². The van der Waals surface area contributed by atoms with Gasteiger partial charge in [-0.1, -0.05) is 6.07 Å². The summed E-state index contributed by atoms with van der Waals surface area (Å²) in [5, 5.41) is 8.76. The zero-order valence-electron chi connectivity index (χ0n) is 8.21. The number of halogens is 3. The molecule has 3 nitrogen and oxygen atoms in total. The lowest BCUT2D eigenvalue weighted by molar-refractivity contribution is -0.146. The average Bonchev–Trinajstić information content (AvgIpc) is 2.56. The van der Waals surface area contributed by atoms with Gasteiger partial charge >= 0.3 is 6.18 Å². The number of rotatable bonds is 0. The lowest BCUT2D eigenvalue weighted by Gasteiger charge is -2.05. The Morgan fingerprint density at radius 1 is 1.38 bits per heavy atom. The minimum atomic E-state index is -4.51. The van der Waals surface area contributed by atoms with Gasteiger partial charge in [-0.15, -0.1) is 0 Å². The van der Waals surface area contributed by atoms with Crippen LogP contribution in [0.2, 0.25) is 0 Å². The lowest BCUT2D eigenvalue weighted by atomic mass is 10.2. The van der Waals surface area contributed by atoms with Gasteiger partial charge in [0.15, 0.2) is 0 Å². The molecule has 0 spiro atoms. The highest BCUT2D eigenvalue weighted by atomic mass is 19.4. The molecule has 1 aromatic heterocycles. The minimum absolute atomic E-state index is 0.0832. The fourth-order valence-corrected chi connectivity index (χ4v) is 1.56. The van der Waals surface area contributed by atoms with Crippen molar-refractivity contribution in [2.45, 2.75) is 6.18 Å². The molecule has 0 aliphatic heterocycles. The normalized spacial score (nSPS) is 11.7. The van der Waals surface area contributed by atoms with Crippen molar-refractivity contribution in [3.8, 4) is 6.07 Å². The molecule has 0 saturated carbocycles. The van der Waals surface area contributed by atoms with Gasteiger partial charge < -0.3 is 4.57 Å². The fourth-order valence-electron chi connectivity index (χ4n) is 1.56. The van der Waals surface area contributed by atoms with Crippen molar-refractivity contribution < 1.29 is 13.2 Å². The molecule has 0 unspecified atom stereocenters. The second kappa shape index (κ2) is 3.23. The second-order valence-corrected chi connectivity index (χ2v) is 3.28. The van der Waals surface area contributed by atoms with Crippen molar-refractivity contribution in [2.24, 2.45) is 7.05 Å². The quantitative estimate of drug-likeness (QED) is 0.691. The highest BCUT2D eigenvalue weighted by Gasteiger charge is 2.36. The van der Waals surface area contributed by atoms with Crippen LogP contribution < -0.4 is 0 Å². The number of aryl methyl sites for hydroxylation is 1. The summed E-state index contributed by atoms with van der Waals surface area (Å²) in [4.78, 5) is 3.47. The fraction of sp³-hybridized carbons (Fsp3) is 0.200. The SMILES string of the molecule is Cn1c(C(F)(F)F)nc2c(C#N)cccc21.